The third-order valence-corrected chi connectivity index (χ3v) is 5.06. The van der Waals surface area contributed by atoms with Gasteiger partial charge in [-0.1, -0.05) is 36.4 Å². The van der Waals surface area contributed by atoms with E-state index in [0.717, 1.165) is 0 Å². The van der Waals surface area contributed by atoms with E-state index < -0.39 is 17.3 Å². The van der Waals surface area contributed by atoms with Gasteiger partial charge >= 0.3 is 0 Å². The van der Waals surface area contributed by atoms with Gasteiger partial charge in [-0.15, -0.1) is 0 Å². The maximum atomic E-state index is 14.8. The normalized spacial score (nSPS) is 19.8. The fraction of sp³-hybridized carbons (Fsp3) is 0.0909. The summed E-state index contributed by atoms with van der Waals surface area (Å²) in [5, 5.41) is 2.56. The second-order valence-corrected chi connectivity index (χ2v) is 6.71. The predicted octanol–water partition coefficient (Wildman–Crippen LogP) is 2.71. The first-order valence-electron chi connectivity index (χ1n) is 8.91. The van der Waals surface area contributed by atoms with Crippen LogP contribution >= 0.6 is 0 Å². The maximum Gasteiger partial charge on any atom is 0.263 e. The molecule has 3 N–H and O–H groups in total. The molecule has 0 aliphatic carbocycles. The Morgan fingerprint density at radius 3 is 2.59 bits per heavy atom. The molecule has 3 aromatic carbocycles. The minimum Gasteiger partial charge on any atom is -0.454 e. The number of rotatable bonds is 3. The molecule has 0 spiro atoms. The van der Waals surface area contributed by atoms with Crippen LogP contribution in [0.2, 0.25) is 0 Å². The van der Waals surface area contributed by atoms with Gasteiger partial charge in [0.25, 0.3) is 5.91 Å². The number of fused-ring (bicyclic) bond motifs is 1. The third kappa shape index (κ3) is 2.62. The minimum atomic E-state index is -1.40. The number of nitrogens with zero attached hydrogens (tertiary/aromatic N) is 1. The summed E-state index contributed by atoms with van der Waals surface area (Å²) in [5.74, 6) is 0.331. The number of carbonyl (C=O) groups excluding carboxylic acids is 1. The van der Waals surface area contributed by atoms with E-state index in [1.165, 1.54) is 6.07 Å². The average molecular weight is 388 g/mol. The molecule has 0 fully saturated rings. The summed E-state index contributed by atoms with van der Waals surface area (Å²) in [6.07, 6.45) is 0. The standard InChI is InChI=1S/C22H15FN3O3/c23-17-8-7-15(11-16(17)13-6-9-18-19(10-13)29-12-28-18)22(14-4-2-1-3-5-14)20(27)25-21(24)26-22/h2-11H,12H2,(H3,24,25,26,27). The number of nitrogens with one attached hydrogen (secondary N) is 1. The van der Waals surface area contributed by atoms with E-state index in [1.54, 1.807) is 54.6 Å². The molecule has 2 heterocycles. The molecule has 0 saturated heterocycles. The Bertz CT molecular complexity index is 1160. The molecular formula is C22H15FN3O3. The van der Waals surface area contributed by atoms with Gasteiger partial charge in [-0.25, -0.2) is 9.38 Å². The zero-order valence-corrected chi connectivity index (χ0v) is 15.1. The number of ether oxygens (including phenoxy) is 2. The average Bonchev–Trinajstić information content (AvgIpc) is 3.32. The zero-order chi connectivity index (χ0) is 20.0. The quantitative estimate of drug-likeness (QED) is 0.722. The lowest BCUT2D eigenvalue weighted by atomic mass is 9.82. The number of guanidine groups is 1. The topological polar surface area (TPSA) is 85.9 Å². The van der Waals surface area contributed by atoms with Gasteiger partial charge in [0.2, 0.25) is 6.79 Å². The molecule has 0 saturated carbocycles. The molecule has 1 radical (unpaired) electrons. The van der Waals surface area contributed by atoms with Crippen LogP contribution in [0.5, 0.6) is 11.5 Å². The molecule has 6 nitrogen and oxygen atoms in total. The SMILES string of the molecule is NC1=NC(c2cc[c]cc2)(c2ccc(F)c(-c3ccc4c(c3)OCO4)c2)C(=O)N1. The van der Waals surface area contributed by atoms with E-state index in [2.05, 4.69) is 16.4 Å². The van der Waals surface area contributed by atoms with Crippen molar-refractivity contribution in [1.29, 1.82) is 0 Å². The van der Waals surface area contributed by atoms with Crippen molar-refractivity contribution in [3.05, 3.63) is 83.7 Å². The predicted molar refractivity (Wildman–Crippen MR) is 104 cm³/mol. The molecule has 1 unspecified atom stereocenters. The van der Waals surface area contributed by atoms with E-state index in [1.807, 2.05) is 0 Å². The maximum absolute atomic E-state index is 14.8. The number of carbonyl (C=O) groups is 1. The summed E-state index contributed by atoms with van der Waals surface area (Å²) < 4.78 is 25.5. The molecule has 7 heteroatoms. The van der Waals surface area contributed by atoms with Crippen LogP contribution in [-0.4, -0.2) is 18.7 Å². The van der Waals surface area contributed by atoms with Crippen LogP contribution in [0, 0.1) is 11.9 Å². The number of hydrogen-bond acceptors (Lipinski definition) is 5. The first-order chi connectivity index (χ1) is 14.1. The number of aliphatic imine (C=N–C) groups is 1. The Morgan fingerprint density at radius 1 is 1.03 bits per heavy atom. The zero-order valence-electron chi connectivity index (χ0n) is 15.1. The van der Waals surface area contributed by atoms with Crippen LogP contribution in [0.1, 0.15) is 11.1 Å². The Kier molecular flexibility index (Phi) is 3.77. The molecule has 1 atom stereocenters. The van der Waals surface area contributed by atoms with Crippen molar-refractivity contribution in [2.75, 3.05) is 6.79 Å². The molecule has 2 aliphatic rings. The van der Waals surface area contributed by atoms with E-state index in [4.69, 9.17) is 15.2 Å². The van der Waals surface area contributed by atoms with Crippen molar-refractivity contribution >= 4 is 11.9 Å². The van der Waals surface area contributed by atoms with Crippen molar-refractivity contribution in [1.82, 2.24) is 5.32 Å². The van der Waals surface area contributed by atoms with E-state index >= 15 is 0 Å². The summed E-state index contributed by atoms with van der Waals surface area (Å²) in [6.45, 7) is 0.129. The number of nitrogens with two attached hydrogens (primary N) is 1. The molecular weight excluding hydrogens is 373 g/mol. The van der Waals surface area contributed by atoms with Crippen LogP contribution in [0.15, 0.2) is 65.7 Å². The summed E-state index contributed by atoms with van der Waals surface area (Å²) in [5.41, 5.74) is 6.44. The number of halogens is 1. The highest BCUT2D eigenvalue weighted by Crippen LogP contribution is 2.41. The van der Waals surface area contributed by atoms with Crippen molar-refractivity contribution < 1.29 is 18.7 Å². The molecule has 3 aromatic rings. The van der Waals surface area contributed by atoms with Gasteiger partial charge in [0.05, 0.1) is 0 Å². The Labute approximate surface area is 165 Å². The lowest BCUT2D eigenvalue weighted by molar-refractivity contribution is -0.122. The van der Waals surface area contributed by atoms with E-state index in [0.29, 0.717) is 33.8 Å². The number of amides is 1. The fourth-order valence-electron chi connectivity index (χ4n) is 3.69. The number of hydrogen-bond donors (Lipinski definition) is 2. The second-order valence-electron chi connectivity index (χ2n) is 6.71. The molecule has 5 rings (SSSR count). The summed E-state index contributed by atoms with van der Waals surface area (Å²) in [7, 11) is 0. The van der Waals surface area contributed by atoms with Crippen molar-refractivity contribution in [2.45, 2.75) is 5.54 Å². The molecule has 143 valence electrons. The lowest BCUT2D eigenvalue weighted by Crippen LogP contribution is -2.39. The third-order valence-electron chi connectivity index (χ3n) is 5.06. The highest BCUT2D eigenvalue weighted by molar-refractivity contribution is 6.09. The fourth-order valence-corrected chi connectivity index (χ4v) is 3.69. The van der Waals surface area contributed by atoms with Gasteiger partial charge in [-0.3, -0.25) is 10.1 Å². The van der Waals surface area contributed by atoms with Gasteiger partial charge in [0.15, 0.2) is 23.0 Å². The monoisotopic (exact) mass is 388 g/mol. The molecule has 0 bridgehead atoms. The highest BCUT2D eigenvalue weighted by Gasteiger charge is 2.46. The molecule has 2 aliphatic heterocycles. The van der Waals surface area contributed by atoms with Gasteiger partial charge in [-0.2, -0.15) is 0 Å². The minimum absolute atomic E-state index is 0.0109. The second kappa shape index (κ2) is 6.34. The molecule has 0 aromatic heterocycles. The van der Waals surface area contributed by atoms with Crippen LogP contribution in [0.3, 0.4) is 0 Å². The summed E-state index contributed by atoms with van der Waals surface area (Å²) in [4.78, 5) is 17.4. The number of benzene rings is 3. The smallest absolute Gasteiger partial charge is 0.263 e. The van der Waals surface area contributed by atoms with Gasteiger partial charge in [0, 0.05) is 5.56 Å². The Morgan fingerprint density at radius 2 is 1.83 bits per heavy atom. The summed E-state index contributed by atoms with van der Waals surface area (Å²) in [6, 6.07) is 19.5. The van der Waals surface area contributed by atoms with Crippen molar-refractivity contribution in [2.24, 2.45) is 10.7 Å². The van der Waals surface area contributed by atoms with Crippen molar-refractivity contribution in [3.8, 4) is 22.6 Å². The largest absolute Gasteiger partial charge is 0.454 e. The lowest BCUT2D eigenvalue weighted by Gasteiger charge is -2.25. The highest BCUT2D eigenvalue weighted by atomic mass is 19.1. The van der Waals surface area contributed by atoms with Crippen LogP contribution in [0.4, 0.5) is 4.39 Å². The summed E-state index contributed by atoms with van der Waals surface area (Å²) >= 11 is 0. The van der Waals surface area contributed by atoms with Crippen LogP contribution in [0.25, 0.3) is 11.1 Å². The van der Waals surface area contributed by atoms with E-state index in [-0.39, 0.29) is 12.8 Å². The van der Waals surface area contributed by atoms with Gasteiger partial charge in [-0.05, 0) is 47.0 Å². The first-order valence-corrected chi connectivity index (χ1v) is 8.91. The van der Waals surface area contributed by atoms with Crippen LogP contribution in [-0.2, 0) is 10.3 Å². The Balaban J connectivity index is 1.70. The van der Waals surface area contributed by atoms with E-state index in [9.17, 15) is 9.18 Å². The molecule has 29 heavy (non-hydrogen) atoms. The van der Waals surface area contributed by atoms with Gasteiger partial charge < -0.3 is 15.2 Å². The van der Waals surface area contributed by atoms with Gasteiger partial charge in [0.1, 0.15) is 5.82 Å². The molecule has 1 amide bonds. The first kappa shape index (κ1) is 17.2. The van der Waals surface area contributed by atoms with Crippen LogP contribution < -0.4 is 20.5 Å². The Hall–Kier alpha value is -3.87. The van der Waals surface area contributed by atoms with Crippen molar-refractivity contribution in [3.63, 3.8) is 0 Å².